The number of aromatic nitrogens is 6. The Kier molecular flexibility index (Phi) is 4.07. The SMILES string of the molecule is Cc1nn(Cc2ccccc2)c(C)c1CNc1nccn2c(C3CC3)nnc12. The molecule has 1 aliphatic rings. The molecular weight excluding hydrogens is 350 g/mol. The van der Waals surface area contributed by atoms with Gasteiger partial charge in [0.15, 0.2) is 5.82 Å². The van der Waals surface area contributed by atoms with Crippen LogP contribution in [0.2, 0.25) is 0 Å². The van der Waals surface area contributed by atoms with E-state index in [-0.39, 0.29) is 0 Å². The first-order valence-corrected chi connectivity index (χ1v) is 9.71. The molecule has 0 saturated heterocycles. The van der Waals surface area contributed by atoms with E-state index in [2.05, 4.69) is 67.7 Å². The second-order valence-electron chi connectivity index (χ2n) is 7.45. The Morgan fingerprint density at radius 1 is 1.11 bits per heavy atom. The first-order valence-electron chi connectivity index (χ1n) is 9.71. The van der Waals surface area contributed by atoms with Gasteiger partial charge in [-0.15, -0.1) is 10.2 Å². The van der Waals surface area contributed by atoms with E-state index in [0.29, 0.717) is 12.5 Å². The molecule has 0 unspecified atom stereocenters. The van der Waals surface area contributed by atoms with Crippen LogP contribution in [0.4, 0.5) is 5.82 Å². The van der Waals surface area contributed by atoms with Gasteiger partial charge in [-0.1, -0.05) is 30.3 Å². The Hall–Kier alpha value is -3.22. The predicted molar refractivity (Wildman–Crippen MR) is 107 cm³/mol. The van der Waals surface area contributed by atoms with Crippen molar-refractivity contribution in [2.45, 2.75) is 45.7 Å². The molecular formula is C21H23N7. The predicted octanol–water partition coefficient (Wildman–Crippen LogP) is 3.48. The molecule has 1 N–H and O–H groups in total. The van der Waals surface area contributed by atoms with Crippen LogP contribution < -0.4 is 5.32 Å². The number of rotatable bonds is 6. The molecule has 142 valence electrons. The molecule has 1 saturated carbocycles. The molecule has 0 bridgehead atoms. The van der Waals surface area contributed by atoms with E-state index in [9.17, 15) is 0 Å². The van der Waals surface area contributed by atoms with Gasteiger partial charge in [0.25, 0.3) is 0 Å². The molecule has 7 heteroatoms. The van der Waals surface area contributed by atoms with Crippen molar-refractivity contribution in [3.05, 3.63) is 71.1 Å². The molecule has 0 aliphatic heterocycles. The zero-order chi connectivity index (χ0) is 19.1. The summed E-state index contributed by atoms with van der Waals surface area (Å²) in [5, 5.41) is 16.9. The number of nitrogens with zero attached hydrogens (tertiary/aromatic N) is 6. The molecule has 3 heterocycles. The minimum Gasteiger partial charge on any atom is -0.363 e. The Balaban J connectivity index is 1.38. The lowest BCUT2D eigenvalue weighted by Gasteiger charge is -2.08. The van der Waals surface area contributed by atoms with Crippen LogP contribution >= 0.6 is 0 Å². The van der Waals surface area contributed by atoms with Crippen LogP contribution in [0.1, 0.15) is 47.1 Å². The van der Waals surface area contributed by atoms with Crippen LogP contribution in [-0.4, -0.2) is 29.4 Å². The highest BCUT2D eigenvalue weighted by atomic mass is 15.3. The average Bonchev–Trinajstić information content (AvgIpc) is 3.40. The van der Waals surface area contributed by atoms with E-state index in [0.717, 1.165) is 29.5 Å². The second kappa shape index (κ2) is 6.74. The van der Waals surface area contributed by atoms with Crippen LogP contribution in [0.3, 0.4) is 0 Å². The lowest BCUT2D eigenvalue weighted by molar-refractivity contribution is 0.658. The molecule has 7 nitrogen and oxygen atoms in total. The van der Waals surface area contributed by atoms with E-state index in [1.54, 1.807) is 0 Å². The number of benzene rings is 1. The van der Waals surface area contributed by atoms with Gasteiger partial charge in [0.05, 0.1) is 12.2 Å². The Bertz CT molecular complexity index is 1120. The van der Waals surface area contributed by atoms with Gasteiger partial charge < -0.3 is 5.32 Å². The average molecular weight is 373 g/mol. The minimum atomic E-state index is 0.547. The van der Waals surface area contributed by atoms with Gasteiger partial charge in [-0.25, -0.2) is 4.98 Å². The molecule has 28 heavy (non-hydrogen) atoms. The summed E-state index contributed by atoms with van der Waals surface area (Å²) in [4.78, 5) is 4.49. The van der Waals surface area contributed by atoms with Crippen LogP contribution in [0.15, 0.2) is 42.7 Å². The third-order valence-corrected chi connectivity index (χ3v) is 5.43. The summed E-state index contributed by atoms with van der Waals surface area (Å²) in [6, 6.07) is 10.4. The number of hydrogen-bond donors (Lipinski definition) is 1. The second-order valence-corrected chi connectivity index (χ2v) is 7.45. The van der Waals surface area contributed by atoms with E-state index < -0.39 is 0 Å². The standard InChI is InChI=1S/C21H23N7/c1-14-18(15(2)28(26-14)13-16-6-4-3-5-7-16)12-23-19-21-25-24-20(17-8-9-17)27(21)11-10-22-19/h3-7,10-11,17H,8-9,12-13H2,1-2H3,(H,22,23). The van der Waals surface area contributed by atoms with E-state index in [4.69, 9.17) is 5.10 Å². The van der Waals surface area contributed by atoms with E-state index in [1.165, 1.54) is 29.7 Å². The third-order valence-electron chi connectivity index (χ3n) is 5.43. The van der Waals surface area contributed by atoms with Gasteiger partial charge in [0, 0.05) is 36.1 Å². The third kappa shape index (κ3) is 3.02. The first-order chi connectivity index (χ1) is 13.7. The lowest BCUT2D eigenvalue weighted by Crippen LogP contribution is -2.07. The Morgan fingerprint density at radius 3 is 2.71 bits per heavy atom. The van der Waals surface area contributed by atoms with Crippen molar-refractivity contribution in [1.82, 2.24) is 29.4 Å². The maximum absolute atomic E-state index is 4.74. The molecule has 4 aromatic rings. The monoisotopic (exact) mass is 373 g/mol. The number of anilines is 1. The van der Waals surface area contributed by atoms with Crippen molar-refractivity contribution in [1.29, 1.82) is 0 Å². The Labute approximate surface area is 163 Å². The molecule has 0 atom stereocenters. The van der Waals surface area contributed by atoms with Crippen LogP contribution in [0.25, 0.3) is 5.65 Å². The topological polar surface area (TPSA) is 72.9 Å². The van der Waals surface area contributed by atoms with Crippen LogP contribution in [-0.2, 0) is 13.1 Å². The molecule has 1 fully saturated rings. The largest absolute Gasteiger partial charge is 0.363 e. The highest BCUT2D eigenvalue weighted by Gasteiger charge is 2.29. The van der Waals surface area contributed by atoms with Crippen molar-refractivity contribution in [2.75, 3.05) is 5.32 Å². The molecule has 3 aromatic heterocycles. The maximum Gasteiger partial charge on any atom is 0.203 e. The number of nitrogens with one attached hydrogen (secondary N) is 1. The highest BCUT2D eigenvalue weighted by Crippen LogP contribution is 2.39. The number of fused-ring (bicyclic) bond motifs is 1. The van der Waals surface area contributed by atoms with Crippen molar-refractivity contribution in [3.63, 3.8) is 0 Å². The van der Waals surface area contributed by atoms with E-state index >= 15 is 0 Å². The number of hydrogen-bond acceptors (Lipinski definition) is 5. The maximum atomic E-state index is 4.74. The fourth-order valence-electron chi connectivity index (χ4n) is 3.66. The van der Waals surface area contributed by atoms with Gasteiger partial charge in [-0.05, 0) is 32.3 Å². The number of aryl methyl sites for hydroxylation is 1. The van der Waals surface area contributed by atoms with E-state index in [1.807, 2.05) is 18.5 Å². The van der Waals surface area contributed by atoms with Crippen molar-refractivity contribution < 1.29 is 0 Å². The van der Waals surface area contributed by atoms with Gasteiger partial charge in [-0.2, -0.15) is 5.10 Å². The summed E-state index contributed by atoms with van der Waals surface area (Å²) < 4.78 is 4.13. The quantitative estimate of drug-likeness (QED) is 0.560. The van der Waals surface area contributed by atoms with Crippen LogP contribution in [0.5, 0.6) is 0 Å². The summed E-state index contributed by atoms with van der Waals surface area (Å²) in [6.07, 6.45) is 6.15. The fraction of sp³-hybridized carbons (Fsp3) is 0.333. The lowest BCUT2D eigenvalue weighted by atomic mass is 10.2. The summed E-state index contributed by atoms with van der Waals surface area (Å²) >= 11 is 0. The van der Waals surface area contributed by atoms with Crippen LogP contribution in [0, 0.1) is 13.8 Å². The van der Waals surface area contributed by atoms with Gasteiger partial charge in [0.2, 0.25) is 5.65 Å². The normalized spacial score (nSPS) is 13.9. The smallest absolute Gasteiger partial charge is 0.203 e. The summed E-state index contributed by atoms with van der Waals surface area (Å²) in [5.41, 5.74) is 5.43. The highest BCUT2D eigenvalue weighted by molar-refractivity contribution is 5.62. The molecule has 1 aliphatic carbocycles. The minimum absolute atomic E-state index is 0.547. The Morgan fingerprint density at radius 2 is 1.93 bits per heavy atom. The molecule has 0 radical (unpaired) electrons. The van der Waals surface area contributed by atoms with Gasteiger partial charge in [0.1, 0.15) is 5.82 Å². The molecule has 0 spiro atoms. The van der Waals surface area contributed by atoms with Crippen molar-refractivity contribution >= 4 is 11.5 Å². The molecule has 5 rings (SSSR count). The first kappa shape index (κ1) is 16.9. The zero-order valence-electron chi connectivity index (χ0n) is 16.1. The molecule has 0 amide bonds. The summed E-state index contributed by atoms with van der Waals surface area (Å²) in [5.74, 6) is 2.35. The summed E-state index contributed by atoms with van der Waals surface area (Å²) in [6.45, 7) is 5.61. The summed E-state index contributed by atoms with van der Waals surface area (Å²) in [7, 11) is 0. The molecule has 1 aromatic carbocycles. The van der Waals surface area contributed by atoms with Crippen molar-refractivity contribution in [2.24, 2.45) is 0 Å². The van der Waals surface area contributed by atoms with Gasteiger partial charge >= 0.3 is 0 Å². The fourth-order valence-corrected chi connectivity index (χ4v) is 3.66. The zero-order valence-corrected chi connectivity index (χ0v) is 16.1. The van der Waals surface area contributed by atoms with Crippen molar-refractivity contribution in [3.8, 4) is 0 Å². The van der Waals surface area contributed by atoms with Gasteiger partial charge in [-0.3, -0.25) is 9.08 Å².